The quantitative estimate of drug-likeness (QED) is 0.892. The molecule has 2 heterocycles. The zero-order chi connectivity index (χ0) is 19.1. The van der Waals surface area contributed by atoms with Crippen molar-refractivity contribution in [3.05, 3.63) is 59.4 Å². The lowest BCUT2D eigenvalue weighted by atomic mass is 9.90. The summed E-state index contributed by atoms with van der Waals surface area (Å²) >= 11 is 0. The van der Waals surface area contributed by atoms with Gasteiger partial charge in [-0.15, -0.1) is 0 Å². The Bertz CT molecular complexity index is 943. The minimum atomic E-state index is -3.68. The van der Waals surface area contributed by atoms with Crippen molar-refractivity contribution >= 4 is 15.9 Å². The maximum atomic E-state index is 12.7. The van der Waals surface area contributed by atoms with Crippen molar-refractivity contribution in [1.29, 1.82) is 0 Å². The summed E-state index contributed by atoms with van der Waals surface area (Å²) in [7, 11) is -3.68. The van der Waals surface area contributed by atoms with E-state index in [9.17, 15) is 8.42 Å². The smallest absolute Gasteiger partial charge is 0.263 e. The van der Waals surface area contributed by atoms with Crippen LogP contribution in [-0.2, 0) is 15.4 Å². The van der Waals surface area contributed by atoms with Crippen LogP contribution in [0, 0.1) is 5.92 Å². The summed E-state index contributed by atoms with van der Waals surface area (Å²) in [5, 5.41) is 0. The third-order valence-corrected chi connectivity index (χ3v) is 5.77. The van der Waals surface area contributed by atoms with Crippen molar-refractivity contribution < 1.29 is 8.42 Å². The second-order valence-corrected chi connectivity index (χ2v) is 9.65. The Kier molecular flexibility index (Phi) is 4.65. The van der Waals surface area contributed by atoms with Crippen LogP contribution in [0.25, 0.3) is 0 Å². The van der Waals surface area contributed by atoms with Gasteiger partial charge in [-0.05, 0) is 30.2 Å². The van der Waals surface area contributed by atoms with E-state index in [4.69, 9.17) is 4.98 Å². The van der Waals surface area contributed by atoms with Gasteiger partial charge < -0.3 is 0 Å². The SMILES string of the molecule is CC(C)C1N=C(NS(=O)(=O)c2ccccc2)c2ccc(C(C)(C)C)nc21. The van der Waals surface area contributed by atoms with Crippen LogP contribution in [-0.4, -0.2) is 19.2 Å². The Hall–Kier alpha value is -2.21. The molecular formula is C20H25N3O2S. The highest BCUT2D eigenvalue weighted by Crippen LogP contribution is 2.35. The lowest BCUT2D eigenvalue weighted by Gasteiger charge is -2.20. The van der Waals surface area contributed by atoms with E-state index in [0.29, 0.717) is 5.84 Å². The number of amidine groups is 1. The van der Waals surface area contributed by atoms with E-state index in [1.54, 1.807) is 30.3 Å². The monoisotopic (exact) mass is 371 g/mol. The molecule has 0 amide bonds. The van der Waals surface area contributed by atoms with Crippen molar-refractivity contribution in [1.82, 2.24) is 9.71 Å². The molecule has 1 aliphatic rings. The van der Waals surface area contributed by atoms with Gasteiger partial charge in [0.1, 0.15) is 5.84 Å². The van der Waals surface area contributed by atoms with Crippen LogP contribution < -0.4 is 4.72 Å². The average Bonchev–Trinajstić information content (AvgIpc) is 2.92. The maximum Gasteiger partial charge on any atom is 0.263 e. The minimum absolute atomic E-state index is 0.0805. The van der Waals surface area contributed by atoms with E-state index < -0.39 is 10.0 Å². The molecule has 0 saturated heterocycles. The Morgan fingerprint density at radius 1 is 1.04 bits per heavy atom. The first-order chi connectivity index (χ1) is 12.1. The molecule has 1 aromatic carbocycles. The van der Waals surface area contributed by atoms with Crippen LogP contribution >= 0.6 is 0 Å². The second kappa shape index (κ2) is 6.50. The topological polar surface area (TPSA) is 71.4 Å². The largest absolute Gasteiger partial charge is 0.263 e. The third kappa shape index (κ3) is 3.51. The number of benzene rings is 1. The summed E-state index contributed by atoms with van der Waals surface area (Å²) < 4.78 is 28.0. The number of hydrogen-bond donors (Lipinski definition) is 1. The van der Waals surface area contributed by atoms with Gasteiger partial charge in [-0.1, -0.05) is 52.8 Å². The highest BCUT2D eigenvalue weighted by atomic mass is 32.2. The van der Waals surface area contributed by atoms with E-state index in [1.165, 1.54) is 0 Å². The molecule has 5 nitrogen and oxygen atoms in total. The van der Waals surface area contributed by atoms with Crippen molar-refractivity contribution in [3.63, 3.8) is 0 Å². The number of sulfonamides is 1. The fraction of sp³-hybridized carbons (Fsp3) is 0.400. The zero-order valence-electron chi connectivity index (χ0n) is 15.8. The lowest BCUT2D eigenvalue weighted by molar-refractivity contribution is 0.502. The molecule has 0 saturated carbocycles. The van der Waals surface area contributed by atoms with Gasteiger partial charge in [0.25, 0.3) is 10.0 Å². The normalized spacial score (nSPS) is 17.2. The van der Waals surface area contributed by atoms with Gasteiger partial charge in [-0.2, -0.15) is 0 Å². The van der Waals surface area contributed by atoms with Crippen LogP contribution in [0.3, 0.4) is 0 Å². The summed E-state index contributed by atoms with van der Waals surface area (Å²) in [5.41, 5.74) is 2.50. The average molecular weight is 372 g/mol. The lowest BCUT2D eigenvalue weighted by Crippen LogP contribution is -2.30. The molecule has 1 aromatic heterocycles. The van der Waals surface area contributed by atoms with Crippen molar-refractivity contribution in [2.24, 2.45) is 10.9 Å². The number of rotatable bonds is 3. The number of aliphatic imine (C=N–C) groups is 1. The summed E-state index contributed by atoms with van der Waals surface area (Å²) in [4.78, 5) is 9.70. The highest BCUT2D eigenvalue weighted by Gasteiger charge is 2.32. The molecule has 0 radical (unpaired) electrons. The number of nitrogens with one attached hydrogen (secondary N) is 1. The van der Waals surface area contributed by atoms with Crippen LogP contribution in [0.1, 0.15) is 57.6 Å². The molecule has 0 bridgehead atoms. The minimum Gasteiger partial charge on any atom is -0.263 e. The van der Waals surface area contributed by atoms with Gasteiger partial charge >= 0.3 is 0 Å². The van der Waals surface area contributed by atoms with Crippen LogP contribution in [0.4, 0.5) is 0 Å². The number of fused-ring (bicyclic) bond motifs is 1. The second-order valence-electron chi connectivity index (χ2n) is 7.96. The summed E-state index contributed by atoms with van der Waals surface area (Å²) in [5.74, 6) is 0.589. The molecule has 6 heteroatoms. The van der Waals surface area contributed by atoms with E-state index in [2.05, 4.69) is 44.3 Å². The van der Waals surface area contributed by atoms with Gasteiger partial charge in [0.2, 0.25) is 0 Å². The first-order valence-corrected chi connectivity index (χ1v) is 10.3. The molecule has 0 aliphatic carbocycles. The van der Waals surface area contributed by atoms with E-state index in [1.807, 2.05) is 12.1 Å². The van der Waals surface area contributed by atoms with Gasteiger partial charge in [0.15, 0.2) is 0 Å². The van der Waals surface area contributed by atoms with Gasteiger partial charge in [-0.3, -0.25) is 14.7 Å². The van der Waals surface area contributed by atoms with E-state index in [-0.39, 0.29) is 22.3 Å². The fourth-order valence-corrected chi connectivity index (χ4v) is 3.97. The molecular weight excluding hydrogens is 346 g/mol. The number of hydrogen-bond acceptors (Lipinski definition) is 4. The predicted molar refractivity (Wildman–Crippen MR) is 104 cm³/mol. The summed E-state index contributed by atoms with van der Waals surface area (Å²) in [6.07, 6.45) is 0. The molecule has 1 aliphatic heterocycles. The first-order valence-electron chi connectivity index (χ1n) is 8.77. The third-order valence-electron chi connectivity index (χ3n) is 4.41. The van der Waals surface area contributed by atoms with Gasteiger partial charge in [0, 0.05) is 16.7 Å². The first kappa shape index (κ1) is 18.6. The Balaban J connectivity index is 2.02. The van der Waals surface area contributed by atoms with Gasteiger partial charge in [-0.25, -0.2) is 8.42 Å². The summed E-state index contributed by atoms with van der Waals surface area (Å²) in [6, 6.07) is 12.1. The Morgan fingerprint density at radius 3 is 2.27 bits per heavy atom. The predicted octanol–water partition coefficient (Wildman–Crippen LogP) is 3.81. The van der Waals surface area contributed by atoms with E-state index in [0.717, 1.165) is 17.0 Å². The molecule has 138 valence electrons. The molecule has 0 spiro atoms. The van der Waals surface area contributed by atoms with Crippen LogP contribution in [0.15, 0.2) is 52.4 Å². The number of aromatic nitrogens is 1. The summed E-state index contributed by atoms with van der Waals surface area (Å²) in [6.45, 7) is 10.5. The Morgan fingerprint density at radius 2 is 1.69 bits per heavy atom. The number of pyridine rings is 1. The van der Waals surface area contributed by atoms with Gasteiger partial charge in [0.05, 0.1) is 16.6 Å². The zero-order valence-corrected chi connectivity index (χ0v) is 16.6. The molecule has 26 heavy (non-hydrogen) atoms. The molecule has 1 unspecified atom stereocenters. The van der Waals surface area contributed by atoms with Crippen molar-refractivity contribution in [2.75, 3.05) is 0 Å². The molecule has 0 fully saturated rings. The Labute approximate surface area is 155 Å². The molecule has 1 N–H and O–H groups in total. The fourth-order valence-electron chi connectivity index (χ4n) is 2.92. The molecule has 1 atom stereocenters. The molecule has 2 aromatic rings. The van der Waals surface area contributed by atoms with E-state index >= 15 is 0 Å². The van der Waals surface area contributed by atoms with Crippen LogP contribution in [0.2, 0.25) is 0 Å². The number of nitrogens with zero attached hydrogens (tertiary/aromatic N) is 2. The molecule has 3 rings (SSSR count). The van der Waals surface area contributed by atoms with Crippen molar-refractivity contribution in [3.8, 4) is 0 Å². The maximum absolute atomic E-state index is 12.7. The van der Waals surface area contributed by atoms with Crippen molar-refractivity contribution in [2.45, 2.75) is 51.0 Å². The highest BCUT2D eigenvalue weighted by molar-refractivity contribution is 7.90. The van der Waals surface area contributed by atoms with Crippen LogP contribution in [0.5, 0.6) is 0 Å². The standard InChI is InChI=1S/C20H25N3O2S/c1-13(2)17-18-15(11-12-16(21-18)20(3,4)5)19(22-17)23-26(24,25)14-9-7-6-8-10-14/h6-13,17H,1-5H3,(H,22,23).